The minimum atomic E-state index is -0.526. The Morgan fingerprint density at radius 3 is 2.00 bits per heavy atom. The molecule has 0 fully saturated rings. The first-order chi connectivity index (χ1) is 11.2. The van der Waals surface area contributed by atoms with Crippen LogP contribution in [0.2, 0.25) is 0 Å². The number of ether oxygens (including phenoxy) is 2. The van der Waals surface area contributed by atoms with Gasteiger partial charge in [-0.2, -0.15) is 0 Å². The molecule has 0 amide bonds. The van der Waals surface area contributed by atoms with Crippen molar-refractivity contribution in [1.82, 2.24) is 5.32 Å². The number of nitrogens with one attached hydrogen (secondary N) is 1. The highest BCUT2D eigenvalue weighted by Crippen LogP contribution is 2.22. The van der Waals surface area contributed by atoms with Gasteiger partial charge in [-0.15, -0.1) is 0 Å². The van der Waals surface area contributed by atoms with Crippen LogP contribution in [0.15, 0.2) is 48.5 Å². The second-order valence-corrected chi connectivity index (χ2v) is 4.98. The summed E-state index contributed by atoms with van der Waals surface area (Å²) in [4.78, 5) is 12.8. The molecule has 23 heavy (non-hydrogen) atoms. The highest BCUT2D eigenvalue weighted by molar-refractivity contribution is 6.00. The molecule has 0 aliphatic rings. The number of carbonyl (C=O) groups is 1. The van der Waals surface area contributed by atoms with Crippen molar-refractivity contribution in [2.24, 2.45) is 0 Å². The number of methoxy groups -OCH3 is 2. The van der Waals surface area contributed by atoms with Crippen molar-refractivity contribution in [3.05, 3.63) is 59.7 Å². The number of Topliss-reactive ketones (excluding diaryl/α,β-unsaturated/α-hetero) is 1. The van der Waals surface area contributed by atoms with E-state index in [9.17, 15) is 4.79 Å². The Hall–Kier alpha value is -2.37. The van der Waals surface area contributed by atoms with E-state index in [1.54, 1.807) is 38.5 Å². The minimum Gasteiger partial charge on any atom is -0.497 e. The molecule has 0 spiro atoms. The third-order valence-corrected chi connectivity index (χ3v) is 3.55. The van der Waals surface area contributed by atoms with Gasteiger partial charge in [-0.25, -0.2) is 0 Å². The van der Waals surface area contributed by atoms with E-state index in [1.807, 2.05) is 24.3 Å². The Kier molecular flexibility index (Phi) is 6.14. The van der Waals surface area contributed by atoms with E-state index in [1.165, 1.54) is 0 Å². The van der Waals surface area contributed by atoms with Crippen LogP contribution >= 0.6 is 0 Å². The number of ketones is 1. The lowest BCUT2D eigenvalue weighted by Crippen LogP contribution is -2.31. The molecule has 2 aromatic rings. The molecule has 2 aromatic carbocycles. The Labute approximate surface area is 135 Å². The van der Waals surface area contributed by atoms with E-state index in [4.69, 9.17) is 14.6 Å². The number of hydrogen-bond donors (Lipinski definition) is 2. The molecule has 0 aromatic heterocycles. The summed E-state index contributed by atoms with van der Waals surface area (Å²) in [7, 11) is 3.18. The summed E-state index contributed by atoms with van der Waals surface area (Å²) < 4.78 is 10.3. The number of carbonyl (C=O) groups excluding carboxylic acids is 1. The summed E-state index contributed by atoms with van der Waals surface area (Å²) in [6.45, 7) is 0.293. The van der Waals surface area contributed by atoms with E-state index in [2.05, 4.69) is 5.32 Å². The van der Waals surface area contributed by atoms with Gasteiger partial charge in [-0.3, -0.25) is 4.79 Å². The third kappa shape index (κ3) is 4.31. The van der Waals surface area contributed by atoms with Crippen LogP contribution in [0.3, 0.4) is 0 Å². The molecule has 2 rings (SSSR count). The molecule has 5 nitrogen and oxygen atoms in total. The van der Waals surface area contributed by atoms with Gasteiger partial charge < -0.3 is 19.9 Å². The summed E-state index contributed by atoms with van der Waals surface area (Å²) >= 11 is 0. The Morgan fingerprint density at radius 1 is 1.00 bits per heavy atom. The Balaban J connectivity index is 2.26. The van der Waals surface area contributed by atoms with Gasteiger partial charge in [-0.05, 0) is 42.0 Å². The molecule has 0 heterocycles. The average Bonchev–Trinajstić information content (AvgIpc) is 2.62. The molecule has 0 saturated heterocycles. The van der Waals surface area contributed by atoms with Crippen molar-refractivity contribution in [3.8, 4) is 11.5 Å². The number of aliphatic hydroxyl groups is 1. The highest BCUT2D eigenvalue weighted by atomic mass is 16.5. The van der Waals surface area contributed by atoms with Crippen molar-refractivity contribution >= 4 is 5.78 Å². The number of hydrogen-bond acceptors (Lipinski definition) is 5. The molecule has 1 unspecified atom stereocenters. The number of aliphatic hydroxyl groups excluding tert-OH is 1. The van der Waals surface area contributed by atoms with E-state index < -0.39 is 6.04 Å². The maximum atomic E-state index is 12.8. The fourth-order valence-electron chi connectivity index (χ4n) is 2.29. The van der Waals surface area contributed by atoms with Crippen molar-refractivity contribution in [2.45, 2.75) is 6.04 Å². The van der Waals surface area contributed by atoms with Gasteiger partial charge in [-0.1, -0.05) is 12.1 Å². The van der Waals surface area contributed by atoms with Crippen LogP contribution < -0.4 is 14.8 Å². The van der Waals surface area contributed by atoms with E-state index in [-0.39, 0.29) is 12.4 Å². The van der Waals surface area contributed by atoms with E-state index in [0.717, 1.165) is 11.3 Å². The first kappa shape index (κ1) is 17.0. The highest BCUT2D eigenvalue weighted by Gasteiger charge is 2.21. The lowest BCUT2D eigenvalue weighted by Gasteiger charge is -2.18. The van der Waals surface area contributed by atoms with Crippen LogP contribution in [0.25, 0.3) is 0 Å². The van der Waals surface area contributed by atoms with Crippen LogP contribution in [0.5, 0.6) is 11.5 Å². The van der Waals surface area contributed by atoms with Gasteiger partial charge in [0.2, 0.25) is 0 Å². The second kappa shape index (κ2) is 8.31. The smallest absolute Gasteiger partial charge is 0.184 e. The predicted octanol–water partition coefficient (Wildman–Crippen LogP) is 2.21. The normalized spacial score (nSPS) is 11.8. The maximum absolute atomic E-state index is 12.8. The molecule has 0 bridgehead atoms. The number of rotatable bonds is 8. The Bertz CT molecular complexity index is 622. The Morgan fingerprint density at radius 2 is 1.52 bits per heavy atom. The van der Waals surface area contributed by atoms with Crippen LogP contribution in [0, 0.1) is 0 Å². The molecule has 5 heteroatoms. The molecule has 122 valence electrons. The fraction of sp³-hybridized carbons (Fsp3) is 0.278. The molecule has 0 radical (unpaired) electrons. The van der Waals surface area contributed by atoms with Gasteiger partial charge in [0.05, 0.1) is 26.9 Å². The quantitative estimate of drug-likeness (QED) is 0.731. The van der Waals surface area contributed by atoms with Gasteiger partial charge in [0.15, 0.2) is 5.78 Å². The van der Waals surface area contributed by atoms with E-state index in [0.29, 0.717) is 17.9 Å². The number of benzene rings is 2. The first-order valence-corrected chi connectivity index (χ1v) is 7.36. The van der Waals surface area contributed by atoms with Crippen molar-refractivity contribution in [3.63, 3.8) is 0 Å². The summed E-state index contributed by atoms with van der Waals surface area (Å²) in [5, 5.41) is 12.1. The zero-order valence-corrected chi connectivity index (χ0v) is 13.3. The van der Waals surface area contributed by atoms with Crippen LogP contribution in [0.4, 0.5) is 0 Å². The molecule has 0 saturated carbocycles. The van der Waals surface area contributed by atoms with Crippen molar-refractivity contribution in [1.29, 1.82) is 0 Å². The summed E-state index contributed by atoms with van der Waals surface area (Å²) in [6.07, 6.45) is 0. The molecular formula is C18H21NO4. The fourth-order valence-corrected chi connectivity index (χ4v) is 2.29. The minimum absolute atomic E-state index is 0.0391. The zero-order valence-electron chi connectivity index (χ0n) is 13.3. The standard InChI is InChI=1S/C18H21NO4/c1-22-15-7-3-13(4-8-15)17(19-11-12-20)18(21)14-5-9-16(23-2)10-6-14/h3-10,17,19-20H,11-12H2,1-2H3. The molecule has 2 N–H and O–H groups in total. The first-order valence-electron chi connectivity index (χ1n) is 7.36. The zero-order chi connectivity index (χ0) is 16.7. The third-order valence-electron chi connectivity index (χ3n) is 3.55. The topological polar surface area (TPSA) is 67.8 Å². The summed E-state index contributed by atoms with van der Waals surface area (Å²) in [5.74, 6) is 1.36. The van der Waals surface area contributed by atoms with Crippen LogP contribution in [-0.4, -0.2) is 38.3 Å². The second-order valence-electron chi connectivity index (χ2n) is 4.98. The molecule has 1 atom stereocenters. The van der Waals surface area contributed by atoms with E-state index >= 15 is 0 Å². The molecular weight excluding hydrogens is 294 g/mol. The average molecular weight is 315 g/mol. The summed E-state index contributed by atoms with van der Waals surface area (Å²) in [5.41, 5.74) is 1.40. The monoisotopic (exact) mass is 315 g/mol. The van der Waals surface area contributed by atoms with Gasteiger partial charge >= 0.3 is 0 Å². The lowest BCUT2D eigenvalue weighted by molar-refractivity contribution is 0.0940. The predicted molar refractivity (Wildman–Crippen MR) is 88.1 cm³/mol. The lowest BCUT2D eigenvalue weighted by atomic mass is 9.97. The van der Waals surface area contributed by atoms with Gasteiger partial charge in [0.1, 0.15) is 11.5 Å². The van der Waals surface area contributed by atoms with Crippen LogP contribution in [-0.2, 0) is 0 Å². The van der Waals surface area contributed by atoms with Crippen LogP contribution in [0.1, 0.15) is 22.0 Å². The van der Waals surface area contributed by atoms with Crippen molar-refractivity contribution < 1.29 is 19.4 Å². The van der Waals surface area contributed by atoms with Gasteiger partial charge in [0.25, 0.3) is 0 Å². The summed E-state index contributed by atoms with van der Waals surface area (Å²) in [6, 6.07) is 13.8. The van der Waals surface area contributed by atoms with Gasteiger partial charge in [0, 0.05) is 12.1 Å². The SMILES string of the molecule is COc1ccc(C(=O)C(NCCO)c2ccc(OC)cc2)cc1. The largest absolute Gasteiger partial charge is 0.497 e. The molecule has 0 aliphatic carbocycles. The maximum Gasteiger partial charge on any atom is 0.184 e. The van der Waals surface area contributed by atoms with Crippen molar-refractivity contribution in [2.75, 3.05) is 27.4 Å². The molecule has 0 aliphatic heterocycles.